The van der Waals surface area contributed by atoms with Crippen molar-refractivity contribution in [3.8, 4) is 0 Å². The number of hydrogen-bond acceptors (Lipinski definition) is 3. The normalized spacial score (nSPS) is 14.8. The summed E-state index contributed by atoms with van der Waals surface area (Å²) in [4.78, 5) is 11.1. The Bertz CT molecular complexity index is 241. The molecule has 0 bridgehead atoms. The van der Waals surface area contributed by atoms with Crippen molar-refractivity contribution < 1.29 is 14.3 Å². The summed E-state index contributed by atoms with van der Waals surface area (Å²) >= 11 is 0. The minimum Gasteiger partial charge on any atom is -0.434 e. The van der Waals surface area contributed by atoms with Gasteiger partial charge in [0.25, 0.3) is 0 Å². The van der Waals surface area contributed by atoms with Gasteiger partial charge >= 0.3 is 6.16 Å². The molecule has 0 saturated heterocycles. The molecule has 1 rings (SSSR count). The van der Waals surface area contributed by atoms with E-state index in [-0.39, 0.29) is 0 Å². The van der Waals surface area contributed by atoms with Crippen molar-refractivity contribution in [2.75, 3.05) is 6.61 Å². The first-order valence-electron chi connectivity index (χ1n) is 5.04. The molecule has 0 unspecified atom stereocenters. The van der Waals surface area contributed by atoms with Crippen molar-refractivity contribution in [3.05, 3.63) is 24.0 Å². The van der Waals surface area contributed by atoms with Crippen molar-refractivity contribution in [1.29, 1.82) is 0 Å². The molecular weight excluding hydrogens is 180 g/mol. The standard InChI is InChI=1S/C11H16O3/c1-2-3-9-13-11(12)14-10-7-5-4-6-8-10/h5,7-8H,2-4,6,9H2,1H3. The van der Waals surface area contributed by atoms with Gasteiger partial charge < -0.3 is 9.47 Å². The summed E-state index contributed by atoms with van der Waals surface area (Å²) in [6.07, 6.45) is 8.89. The zero-order chi connectivity index (χ0) is 10.2. The molecular formula is C11H16O3. The molecule has 0 saturated carbocycles. The van der Waals surface area contributed by atoms with Crippen molar-refractivity contribution >= 4 is 6.16 Å². The quantitative estimate of drug-likeness (QED) is 0.511. The summed E-state index contributed by atoms with van der Waals surface area (Å²) in [7, 11) is 0. The smallest absolute Gasteiger partial charge is 0.434 e. The Morgan fingerprint density at radius 1 is 1.50 bits per heavy atom. The fourth-order valence-corrected chi connectivity index (χ4v) is 1.09. The first-order valence-corrected chi connectivity index (χ1v) is 5.04. The second kappa shape index (κ2) is 6.24. The number of carbonyl (C=O) groups is 1. The molecule has 0 aromatic heterocycles. The maximum absolute atomic E-state index is 11.1. The van der Waals surface area contributed by atoms with Gasteiger partial charge in [0.15, 0.2) is 0 Å². The Hall–Kier alpha value is -1.25. The minimum atomic E-state index is -0.601. The van der Waals surface area contributed by atoms with Gasteiger partial charge in [-0.25, -0.2) is 4.79 Å². The average molecular weight is 196 g/mol. The molecule has 0 aromatic rings. The molecule has 3 heteroatoms. The van der Waals surface area contributed by atoms with E-state index < -0.39 is 6.16 Å². The Morgan fingerprint density at radius 3 is 3.00 bits per heavy atom. The first-order chi connectivity index (χ1) is 6.83. The molecule has 3 nitrogen and oxygen atoms in total. The van der Waals surface area contributed by atoms with Crippen molar-refractivity contribution in [2.24, 2.45) is 0 Å². The molecule has 0 radical (unpaired) electrons. The highest BCUT2D eigenvalue weighted by atomic mass is 16.7. The number of unbranched alkanes of at least 4 members (excludes halogenated alkanes) is 1. The number of carbonyl (C=O) groups excluding carboxylic acids is 1. The lowest BCUT2D eigenvalue weighted by molar-refractivity contribution is 0.0781. The Morgan fingerprint density at radius 2 is 2.36 bits per heavy atom. The molecule has 1 aliphatic carbocycles. The number of allylic oxidation sites excluding steroid dienone is 3. The van der Waals surface area contributed by atoms with Crippen molar-refractivity contribution in [3.63, 3.8) is 0 Å². The molecule has 0 atom stereocenters. The Labute approximate surface area is 84.4 Å². The van der Waals surface area contributed by atoms with Crippen LogP contribution in [0.1, 0.15) is 32.6 Å². The lowest BCUT2D eigenvalue weighted by atomic mass is 10.2. The molecule has 0 spiro atoms. The lowest BCUT2D eigenvalue weighted by Crippen LogP contribution is -2.08. The molecule has 0 fully saturated rings. The largest absolute Gasteiger partial charge is 0.513 e. The summed E-state index contributed by atoms with van der Waals surface area (Å²) in [5, 5.41) is 0. The van der Waals surface area contributed by atoms with Gasteiger partial charge in [0.05, 0.1) is 6.61 Å². The summed E-state index contributed by atoms with van der Waals surface area (Å²) in [5.74, 6) is 0.595. The van der Waals surface area contributed by atoms with Gasteiger partial charge in [0.1, 0.15) is 5.76 Å². The van der Waals surface area contributed by atoms with Gasteiger partial charge in [-0.2, -0.15) is 0 Å². The molecule has 1 aliphatic rings. The van der Waals surface area contributed by atoms with E-state index in [9.17, 15) is 4.79 Å². The van der Waals surface area contributed by atoms with Gasteiger partial charge in [0, 0.05) is 0 Å². The van der Waals surface area contributed by atoms with Gasteiger partial charge in [-0.05, 0) is 31.4 Å². The van der Waals surface area contributed by atoms with E-state index in [1.165, 1.54) is 0 Å². The zero-order valence-electron chi connectivity index (χ0n) is 8.49. The fourth-order valence-electron chi connectivity index (χ4n) is 1.09. The number of hydrogen-bond donors (Lipinski definition) is 0. The highest BCUT2D eigenvalue weighted by Gasteiger charge is 2.06. The highest BCUT2D eigenvalue weighted by Crippen LogP contribution is 2.11. The van der Waals surface area contributed by atoms with Gasteiger partial charge in [0.2, 0.25) is 0 Å². The highest BCUT2D eigenvalue weighted by molar-refractivity contribution is 5.62. The summed E-state index contributed by atoms with van der Waals surface area (Å²) < 4.78 is 9.80. The van der Waals surface area contributed by atoms with Crippen LogP contribution >= 0.6 is 0 Å². The number of rotatable bonds is 4. The van der Waals surface area contributed by atoms with E-state index >= 15 is 0 Å². The van der Waals surface area contributed by atoms with Crippen LogP contribution in [0, 0.1) is 0 Å². The van der Waals surface area contributed by atoms with Crippen LogP contribution in [0.3, 0.4) is 0 Å². The molecule has 0 amide bonds. The summed E-state index contributed by atoms with van der Waals surface area (Å²) in [6, 6.07) is 0. The van der Waals surface area contributed by atoms with Crippen molar-refractivity contribution in [1.82, 2.24) is 0 Å². The van der Waals surface area contributed by atoms with E-state index in [0.29, 0.717) is 12.4 Å². The second-order valence-corrected chi connectivity index (χ2v) is 3.14. The molecule has 78 valence electrons. The molecule has 14 heavy (non-hydrogen) atoms. The summed E-state index contributed by atoms with van der Waals surface area (Å²) in [5.41, 5.74) is 0. The van der Waals surface area contributed by atoms with Crippen molar-refractivity contribution in [2.45, 2.75) is 32.6 Å². The molecule has 0 heterocycles. The van der Waals surface area contributed by atoms with Gasteiger partial charge in [-0.15, -0.1) is 0 Å². The average Bonchev–Trinajstić information content (AvgIpc) is 2.20. The fraction of sp³-hybridized carbons (Fsp3) is 0.545. The van der Waals surface area contributed by atoms with Crippen LogP contribution in [-0.4, -0.2) is 12.8 Å². The third kappa shape index (κ3) is 4.12. The van der Waals surface area contributed by atoms with E-state index in [1.807, 2.05) is 19.1 Å². The number of ether oxygens (including phenoxy) is 2. The predicted molar refractivity (Wildman–Crippen MR) is 53.8 cm³/mol. The van der Waals surface area contributed by atoms with Crippen LogP contribution < -0.4 is 0 Å². The van der Waals surface area contributed by atoms with E-state index in [4.69, 9.17) is 9.47 Å². The van der Waals surface area contributed by atoms with Gasteiger partial charge in [-0.1, -0.05) is 19.4 Å². The SMILES string of the molecule is CCCCOC(=O)OC1=CCCC=C1. The predicted octanol–water partition coefficient (Wildman–Crippen LogP) is 3.17. The second-order valence-electron chi connectivity index (χ2n) is 3.14. The van der Waals surface area contributed by atoms with Crippen LogP contribution in [-0.2, 0) is 9.47 Å². The maximum atomic E-state index is 11.1. The molecule has 0 aliphatic heterocycles. The van der Waals surface area contributed by atoms with E-state index in [1.54, 1.807) is 6.08 Å². The van der Waals surface area contributed by atoms with Crippen LogP contribution in [0.2, 0.25) is 0 Å². The van der Waals surface area contributed by atoms with E-state index in [2.05, 4.69) is 0 Å². The Balaban J connectivity index is 2.19. The monoisotopic (exact) mass is 196 g/mol. The van der Waals surface area contributed by atoms with Crippen LogP contribution in [0.4, 0.5) is 4.79 Å². The lowest BCUT2D eigenvalue weighted by Gasteiger charge is -2.07. The zero-order valence-corrected chi connectivity index (χ0v) is 8.49. The van der Waals surface area contributed by atoms with Crippen LogP contribution in [0.15, 0.2) is 24.0 Å². The Kier molecular flexibility index (Phi) is 4.83. The van der Waals surface area contributed by atoms with Gasteiger partial charge in [-0.3, -0.25) is 0 Å². The van der Waals surface area contributed by atoms with Crippen LogP contribution in [0.5, 0.6) is 0 Å². The third-order valence-corrected chi connectivity index (χ3v) is 1.88. The topological polar surface area (TPSA) is 35.5 Å². The molecule has 0 N–H and O–H groups in total. The van der Waals surface area contributed by atoms with Crippen LogP contribution in [0.25, 0.3) is 0 Å². The summed E-state index contributed by atoms with van der Waals surface area (Å²) in [6.45, 7) is 2.48. The molecule has 0 aromatic carbocycles. The third-order valence-electron chi connectivity index (χ3n) is 1.88. The maximum Gasteiger partial charge on any atom is 0.513 e. The van der Waals surface area contributed by atoms with E-state index in [0.717, 1.165) is 25.7 Å². The minimum absolute atomic E-state index is 0.437. The first kappa shape index (κ1) is 10.8.